The SMILES string of the molecule is CC(C)(C)Cc1ccc(-c2cccc(CO)c2)cc1. The first-order valence-electron chi connectivity index (χ1n) is 6.77. The number of benzene rings is 2. The van der Waals surface area contributed by atoms with E-state index in [1.54, 1.807) is 0 Å². The quantitative estimate of drug-likeness (QED) is 0.858. The molecule has 2 rings (SSSR count). The largest absolute Gasteiger partial charge is 0.392 e. The molecule has 0 aliphatic heterocycles. The minimum absolute atomic E-state index is 0.0932. The van der Waals surface area contributed by atoms with Gasteiger partial charge >= 0.3 is 0 Å². The van der Waals surface area contributed by atoms with Crippen molar-refractivity contribution in [1.29, 1.82) is 0 Å². The van der Waals surface area contributed by atoms with Gasteiger partial charge in [-0.2, -0.15) is 0 Å². The molecule has 2 aromatic carbocycles. The minimum atomic E-state index is 0.0932. The van der Waals surface area contributed by atoms with Crippen LogP contribution in [0.3, 0.4) is 0 Å². The minimum Gasteiger partial charge on any atom is -0.392 e. The molecule has 2 aromatic rings. The molecule has 19 heavy (non-hydrogen) atoms. The average molecular weight is 254 g/mol. The van der Waals surface area contributed by atoms with Gasteiger partial charge in [-0.15, -0.1) is 0 Å². The molecule has 0 atom stereocenters. The second-order valence-electron chi connectivity index (χ2n) is 6.29. The third-order valence-corrected chi connectivity index (χ3v) is 3.13. The van der Waals surface area contributed by atoms with Crippen LogP contribution in [0.15, 0.2) is 48.5 Å². The summed E-state index contributed by atoms with van der Waals surface area (Å²) in [4.78, 5) is 0. The Hall–Kier alpha value is -1.60. The lowest BCUT2D eigenvalue weighted by molar-refractivity contribution is 0.282. The third-order valence-electron chi connectivity index (χ3n) is 3.13. The van der Waals surface area contributed by atoms with Crippen molar-refractivity contribution in [3.8, 4) is 11.1 Å². The van der Waals surface area contributed by atoms with Crippen molar-refractivity contribution in [2.24, 2.45) is 5.41 Å². The molecule has 0 fully saturated rings. The molecule has 1 heteroatoms. The Morgan fingerprint density at radius 3 is 2.11 bits per heavy atom. The molecular weight excluding hydrogens is 232 g/mol. The molecule has 0 aromatic heterocycles. The summed E-state index contributed by atoms with van der Waals surface area (Å²) < 4.78 is 0. The Bertz CT molecular complexity index is 532. The molecule has 0 saturated carbocycles. The highest BCUT2D eigenvalue weighted by Gasteiger charge is 2.11. The highest BCUT2D eigenvalue weighted by Crippen LogP contribution is 2.24. The van der Waals surface area contributed by atoms with Crippen molar-refractivity contribution in [3.63, 3.8) is 0 Å². The van der Waals surface area contributed by atoms with Crippen LogP contribution >= 0.6 is 0 Å². The number of aliphatic hydroxyl groups excluding tert-OH is 1. The van der Waals surface area contributed by atoms with Crippen molar-refractivity contribution in [1.82, 2.24) is 0 Å². The summed E-state index contributed by atoms with van der Waals surface area (Å²) in [6.07, 6.45) is 1.09. The predicted molar refractivity (Wildman–Crippen MR) is 81.0 cm³/mol. The zero-order valence-corrected chi connectivity index (χ0v) is 12.0. The maximum absolute atomic E-state index is 9.18. The second kappa shape index (κ2) is 5.58. The van der Waals surface area contributed by atoms with Crippen molar-refractivity contribution in [3.05, 3.63) is 59.7 Å². The van der Waals surface area contributed by atoms with E-state index in [-0.39, 0.29) is 6.61 Å². The van der Waals surface area contributed by atoms with E-state index in [1.165, 1.54) is 11.1 Å². The normalized spacial score (nSPS) is 11.6. The summed E-state index contributed by atoms with van der Waals surface area (Å²) in [6, 6.07) is 16.8. The Labute approximate surface area is 115 Å². The van der Waals surface area contributed by atoms with Crippen molar-refractivity contribution in [2.75, 3.05) is 0 Å². The summed E-state index contributed by atoms with van der Waals surface area (Å²) in [7, 11) is 0. The lowest BCUT2D eigenvalue weighted by atomic mass is 9.87. The van der Waals surface area contributed by atoms with Crippen LogP contribution < -0.4 is 0 Å². The molecule has 0 saturated heterocycles. The predicted octanol–water partition coefficient (Wildman–Crippen LogP) is 4.43. The lowest BCUT2D eigenvalue weighted by Crippen LogP contribution is -2.08. The zero-order chi connectivity index (χ0) is 13.9. The number of rotatable bonds is 3. The summed E-state index contributed by atoms with van der Waals surface area (Å²) >= 11 is 0. The van der Waals surface area contributed by atoms with E-state index in [1.807, 2.05) is 18.2 Å². The first-order valence-corrected chi connectivity index (χ1v) is 6.77. The summed E-state index contributed by atoms with van der Waals surface area (Å²) in [5, 5.41) is 9.18. The van der Waals surface area contributed by atoms with Crippen LogP contribution in [0.1, 0.15) is 31.9 Å². The van der Waals surface area contributed by atoms with Gasteiger partial charge in [-0.25, -0.2) is 0 Å². The van der Waals surface area contributed by atoms with Gasteiger partial charge in [-0.05, 0) is 40.2 Å². The number of hydrogen-bond acceptors (Lipinski definition) is 1. The molecule has 0 bridgehead atoms. The van der Waals surface area contributed by atoms with Gasteiger partial charge in [-0.3, -0.25) is 0 Å². The fourth-order valence-corrected chi connectivity index (χ4v) is 2.28. The molecule has 0 spiro atoms. The molecule has 0 amide bonds. The number of aliphatic hydroxyl groups is 1. The van der Waals surface area contributed by atoms with Crippen LogP contribution in [0.4, 0.5) is 0 Å². The molecule has 100 valence electrons. The van der Waals surface area contributed by atoms with Crippen LogP contribution in [-0.2, 0) is 13.0 Å². The van der Waals surface area contributed by atoms with E-state index in [0.717, 1.165) is 17.5 Å². The van der Waals surface area contributed by atoms with E-state index in [0.29, 0.717) is 5.41 Å². The molecule has 0 aliphatic carbocycles. The van der Waals surface area contributed by atoms with Crippen LogP contribution in [0.2, 0.25) is 0 Å². The van der Waals surface area contributed by atoms with Crippen LogP contribution in [0.25, 0.3) is 11.1 Å². The Morgan fingerprint density at radius 2 is 1.53 bits per heavy atom. The van der Waals surface area contributed by atoms with Gasteiger partial charge in [-0.1, -0.05) is 63.2 Å². The Kier molecular flexibility index (Phi) is 4.06. The summed E-state index contributed by atoms with van der Waals surface area (Å²) in [6.45, 7) is 6.86. The van der Waals surface area contributed by atoms with Gasteiger partial charge in [0.2, 0.25) is 0 Å². The van der Waals surface area contributed by atoms with E-state index in [4.69, 9.17) is 0 Å². The van der Waals surface area contributed by atoms with Crippen LogP contribution in [0, 0.1) is 5.41 Å². The van der Waals surface area contributed by atoms with Crippen LogP contribution in [-0.4, -0.2) is 5.11 Å². The van der Waals surface area contributed by atoms with Gasteiger partial charge in [0.25, 0.3) is 0 Å². The van der Waals surface area contributed by atoms with Crippen molar-refractivity contribution >= 4 is 0 Å². The maximum atomic E-state index is 9.18. The molecule has 1 nitrogen and oxygen atoms in total. The Morgan fingerprint density at radius 1 is 0.842 bits per heavy atom. The van der Waals surface area contributed by atoms with Crippen molar-refractivity contribution < 1.29 is 5.11 Å². The van der Waals surface area contributed by atoms with Gasteiger partial charge in [0.1, 0.15) is 0 Å². The van der Waals surface area contributed by atoms with Gasteiger partial charge in [0.05, 0.1) is 6.61 Å². The number of hydrogen-bond donors (Lipinski definition) is 1. The fourth-order valence-electron chi connectivity index (χ4n) is 2.28. The van der Waals surface area contributed by atoms with Gasteiger partial charge < -0.3 is 5.11 Å². The highest BCUT2D eigenvalue weighted by atomic mass is 16.3. The first kappa shape index (κ1) is 13.8. The molecular formula is C18H22O. The fraction of sp³-hybridized carbons (Fsp3) is 0.333. The molecule has 0 radical (unpaired) electrons. The molecule has 0 heterocycles. The smallest absolute Gasteiger partial charge is 0.0682 e. The molecule has 1 N–H and O–H groups in total. The van der Waals surface area contributed by atoms with E-state index in [2.05, 4.69) is 51.1 Å². The second-order valence-corrected chi connectivity index (χ2v) is 6.29. The van der Waals surface area contributed by atoms with Gasteiger partial charge in [0.15, 0.2) is 0 Å². The molecule has 0 aliphatic rings. The van der Waals surface area contributed by atoms with E-state index >= 15 is 0 Å². The topological polar surface area (TPSA) is 20.2 Å². The van der Waals surface area contributed by atoms with E-state index in [9.17, 15) is 5.11 Å². The Balaban J connectivity index is 2.22. The third kappa shape index (κ3) is 3.93. The summed E-state index contributed by atoms with van der Waals surface area (Å²) in [5.41, 5.74) is 5.01. The highest BCUT2D eigenvalue weighted by molar-refractivity contribution is 5.64. The monoisotopic (exact) mass is 254 g/mol. The van der Waals surface area contributed by atoms with Gasteiger partial charge in [0, 0.05) is 0 Å². The van der Waals surface area contributed by atoms with E-state index < -0.39 is 0 Å². The zero-order valence-electron chi connectivity index (χ0n) is 12.0. The van der Waals surface area contributed by atoms with Crippen molar-refractivity contribution in [2.45, 2.75) is 33.8 Å². The standard InChI is InChI=1S/C18H22O/c1-18(2,3)12-14-7-9-16(10-8-14)17-6-4-5-15(11-17)13-19/h4-11,19H,12-13H2,1-3H3. The van der Waals surface area contributed by atoms with Crippen LogP contribution in [0.5, 0.6) is 0 Å². The first-order chi connectivity index (χ1) is 8.98. The molecule has 0 unspecified atom stereocenters. The maximum Gasteiger partial charge on any atom is 0.0682 e. The summed E-state index contributed by atoms with van der Waals surface area (Å²) in [5.74, 6) is 0. The average Bonchev–Trinajstić information content (AvgIpc) is 2.38. The lowest BCUT2D eigenvalue weighted by Gasteiger charge is -2.18.